The van der Waals surface area contributed by atoms with Crippen molar-refractivity contribution >= 4 is 23.5 Å². The zero-order valence-corrected chi connectivity index (χ0v) is 15.7. The van der Waals surface area contributed by atoms with Crippen LogP contribution in [0.15, 0.2) is 34.7 Å². The van der Waals surface area contributed by atoms with Crippen molar-refractivity contribution in [3.8, 4) is 5.69 Å². The minimum absolute atomic E-state index is 0.0268. The molecular weight excluding hydrogens is 372 g/mol. The summed E-state index contributed by atoms with van der Waals surface area (Å²) in [7, 11) is 1.29. The molecule has 140 valence electrons. The number of halogens is 1. The van der Waals surface area contributed by atoms with E-state index in [0.29, 0.717) is 27.9 Å². The van der Waals surface area contributed by atoms with Gasteiger partial charge >= 0.3 is 5.97 Å². The third-order valence-electron chi connectivity index (χ3n) is 3.84. The number of carbonyl (C=O) groups is 2. The highest BCUT2D eigenvalue weighted by Gasteiger charge is 2.18. The zero-order chi connectivity index (χ0) is 19.6. The fourth-order valence-electron chi connectivity index (χ4n) is 2.50. The molecule has 0 aliphatic heterocycles. The van der Waals surface area contributed by atoms with Gasteiger partial charge in [-0.15, -0.1) is 5.10 Å². The Labute approximate surface area is 160 Å². The van der Waals surface area contributed by atoms with Gasteiger partial charge in [0.25, 0.3) is 5.91 Å². The Balaban J connectivity index is 1.71. The molecule has 0 aliphatic carbocycles. The van der Waals surface area contributed by atoms with Crippen LogP contribution in [0.1, 0.15) is 38.3 Å². The Kier molecular flexibility index (Phi) is 5.27. The van der Waals surface area contributed by atoms with E-state index in [9.17, 15) is 9.59 Å². The summed E-state index contributed by atoms with van der Waals surface area (Å²) in [5.74, 6) is 0.484. The number of aromatic nitrogens is 3. The highest BCUT2D eigenvalue weighted by Crippen LogP contribution is 2.16. The maximum atomic E-state index is 12.3. The molecule has 0 saturated carbocycles. The molecule has 3 aromatic rings. The number of methoxy groups -OCH3 is 1. The number of furan rings is 1. The molecule has 1 aromatic carbocycles. The lowest BCUT2D eigenvalue weighted by Gasteiger charge is -2.02. The maximum Gasteiger partial charge on any atom is 0.341 e. The number of hydrogen-bond donors (Lipinski definition) is 1. The summed E-state index contributed by atoms with van der Waals surface area (Å²) in [4.78, 5) is 28.1. The molecule has 0 atom stereocenters. The van der Waals surface area contributed by atoms with E-state index in [2.05, 4.69) is 20.1 Å². The van der Waals surface area contributed by atoms with Crippen molar-refractivity contribution in [3.63, 3.8) is 0 Å². The monoisotopic (exact) mass is 388 g/mol. The minimum Gasteiger partial charge on any atom is -0.465 e. The summed E-state index contributed by atoms with van der Waals surface area (Å²) >= 11 is 5.89. The van der Waals surface area contributed by atoms with E-state index in [1.165, 1.54) is 13.2 Å². The molecule has 0 unspecified atom stereocenters. The molecule has 1 amide bonds. The van der Waals surface area contributed by atoms with E-state index in [0.717, 1.165) is 5.69 Å². The molecule has 0 fully saturated rings. The van der Waals surface area contributed by atoms with E-state index in [4.69, 9.17) is 16.0 Å². The lowest BCUT2D eigenvalue weighted by atomic mass is 10.2. The summed E-state index contributed by atoms with van der Waals surface area (Å²) in [5, 5.41) is 7.51. The first-order valence-electron chi connectivity index (χ1n) is 8.04. The Morgan fingerprint density at radius 1 is 1.26 bits per heavy atom. The predicted molar refractivity (Wildman–Crippen MR) is 97.1 cm³/mol. The quantitative estimate of drug-likeness (QED) is 0.675. The van der Waals surface area contributed by atoms with Crippen LogP contribution >= 0.6 is 11.6 Å². The van der Waals surface area contributed by atoms with Gasteiger partial charge in [0.15, 0.2) is 0 Å². The number of benzene rings is 1. The van der Waals surface area contributed by atoms with Gasteiger partial charge in [0.1, 0.15) is 22.9 Å². The lowest BCUT2D eigenvalue weighted by Crippen LogP contribution is -2.24. The van der Waals surface area contributed by atoms with Crippen LogP contribution in [0, 0.1) is 13.8 Å². The summed E-state index contributed by atoms with van der Waals surface area (Å²) in [6.07, 6.45) is 0. The molecule has 0 saturated heterocycles. The van der Waals surface area contributed by atoms with Crippen LogP contribution in [0.4, 0.5) is 0 Å². The van der Waals surface area contributed by atoms with Gasteiger partial charge in [0, 0.05) is 5.02 Å². The molecule has 3 rings (SSSR count). The Bertz CT molecular complexity index is 991. The Morgan fingerprint density at radius 3 is 2.63 bits per heavy atom. The number of ether oxygens (including phenoxy) is 1. The summed E-state index contributed by atoms with van der Waals surface area (Å²) in [5.41, 5.74) is 1.07. The third kappa shape index (κ3) is 4.01. The van der Waals surface area contributed by atoms with Crippen molar-refractivity contribution in [3.05, 3.63) is 64.1 Å². The molecule has 0 bridgehead atoms. The van der Waals surface area contributed by atoms with Gasteiger partial charge in [-0.25, -0.2) is 14.5 Å². The first-order chi connectivity index (χ1) is 12.9. The number of nitrogens with zero attached hydrogens (tertiary/aromatic N) is 3. The molecule has 9 heteroatoms. The highest BCUT2D eigenvalue weighted by atomic mass is 35.5. The molecule has 2 aromatic heterocycles. The normalized spacial score (nSPS) is 10.7. The second-order valence-electron chi connectivity index (χ2n) is 5.73. The Hall–Kier alpha value is -3.13. The zero-order valence-electron chi connectivity index (χ0n) is 14.9. The van der Waals surface area contributed by atoms with Gasteiger partial charge in [0.05, 0.1) is 19.3 Å². The molecule has 2 heterocycles. The van der Waals surface area contributed by atoms with Gasteiger partial charge < -0.3 is 14.5 Å². The molecule has 8 nitrogen and oxygen atoms in total. The van der Waals surface area contributed by atoms with E-state index in [1.54, 1.807) is 42.8 Å². The molecule has 27 heavy (non-hydrogen) atoms. The average molecular weight is 389 g/mol. The van der Waals surface area contributed by atoms with Crippen LogP contribution in [0.25, 0.3) is 5.69 Å². The molecule has 0 spiro atoms. The second kappa shape index (κ2) is 7.63. The average Bonchev–Trinajstić information content (AvgIpc) is 3.22. The molecular formula is C18H17ClN4O4. The van der Waals surface area contributed by atoms with Gasteiger partial charge in [-0.2, -0.15) is 0 Å². The fraction of sp³-hybridized carbons (Fsp3) is 0.222. The largest absolute Gasteiger partial charge is 0.465 e. The standard InChI is InChI=1S/C18H17ClN4O4/c1-10-15(18(25)26-3)8-14(27-10)9-20-17(24)16-21-11(2)23(22-16)13-6-4-12(19)5-7-13/h4-8H,9H2,1-3H3,(H,20,24). The molecule has 0 radical (unpaired) electrons. The number of aryl methyl sites for hydroxylation is 2. The number of nitrogens with one attached hydrogen (secondary N) is 1. The highest BCUT2D eigenvalue weighted by molar-refractivity contribution is 6.30. The molecule has 1 N–H and O–H groups in total. The van der Waals surface area contributed by atoms with Crippen molar-refractivity contribution in [2.75, 3.05) is 7.11 Å². The Morgan fingerprint density at radius 2 is 1.96 bits per heavy atom. The lowest BCUT2D eigenvalue weighted by molar-refractivity contribution is 0.0598. The van der Waals surface area contributed by atoms with E-state index in [-0.39, 0.29) is 12.4 Å². The topological polar surface area (TPSA) is 99.2 Å². The van der Waals surface area contributed by atoms with E-state index >= 15 is 0 Å². The van der Waals surface area contributed by atoms with Crippen molar-refractivity contribution in [2.24, 2.45) is 0 Å². The van der Waals surface area contributed by atoms with Crippen LogP contribution in [0.5, 0.6) is 0 Å². The number of hydrogen-bond acceptors (Lipinski definition) is 6. The number of esters is 1. The second-order valence-corrected chi connectivity index (χ2v) is 6.16. The fourth-order valence-corrected chi connectivity index (χ4v) is 2.63. The van der Waals surface area contributed by atoms with Crippen molar-refractivity contribution in [1.82, 2.24) is 20.1 Å². The van der Waals surface area contributed by atoms with E-state index < -0.39 is 11.9 Å². The summed E-state index contributed by atoms with van der Waals surface area (Å²) < 4.78 is 11.7. The van der Waals surface area contributed by atoms with Crippen LogP contribution in [0.2, 0.25) is 5.02 Å². The first-order valence-corrected chi connectivity index (χ1v) is 8.42. The van der Waals surface area contributed by atoms with E-state index in [1.807, 2.05) is 0 Å². The van der Waals surface area contributed by atoms with Crippen LogP contribution < -0.4 is 5.32 Å². The van der Waals surface area contributed by atoms with Gasteiger partial charge in [0.2, 0.25) is 5.82 Å². The molecule has 0 aliphatic rings. The number of rotatable bonds is 5. The maximum absolute atomic E-state index is 12.3. The predicted octanol–water partition coefficient (Wildman–Crippen LogP) is 2.85. The smallest absolute Gasteiger partial charge is 0.341 e. The van der Waals surface area contributed by atoms with Crippen molar-refractivity contribution in [1.29, 1.82) is 0 Å². The third-order valence-corrected chi connectivity index (χ3v) is 4.09. The van der Waals surface area contributed by atoms with Gasteiger partial charge in [-0.1, -0.05) is 11.6 Å². The number of amides is 1. The van der Waals surface area contributed by atoms with Gasteiger partial charge in [-0.05, 0) is 44.2 Å². The van der Waals surface area contributed by atoms with Crippen LogP contribution in [0.3, 0.4) is 0 Å². The van der Waals surface area contributed by atoms with Crippen LogP contribution in [-0.4, -0.2) is 33.8 Å². The summed E-state index contributed by atoms with van der Waals surface area (Å²) in [6, 6.07) is 8.57. The minimum atomic E-state index is -0.493. The first kappa shape index (κ1) is 18.7. The summed E-state index contributed by atoms with van der Waals surface area (Å²) in [6.45, 7) is 3.48. The number of carbonyl (C=O) groups excluding carboxylic acids is 2. The SMILES string of the molecule is COC(=O)c1cc(CNC(=O)c2nc(C)n(-c3ccc(Cl)cc3)n2)oc1C. The van der Waals surface area contributed by atoms with Crippen molar-refractivity contribution < 1.29 is 18.7 Å². The van der Waals surface area contributed by atoms with Crippen LogP contribution in [-0.2, 0) is 11.3 Å². The van der Waals surface area contributed by atoms with Gasteiger partial charge in [-0.3, -0.25) is 4.79 Å². The van der Waals surface area contributed by atoms with Crippen molar-refractivity contribution in [2.45, 2.75) is 20.4 Å².